The van der Waals surface area contributed by atoms with Crippen molar-refractivity contribution in [3.8, 4) is 0 Å². The first-order valence-electron chi connectivity index (χ1n) is 13.6. The van der Waals surface area contributed by atoms with E-state index in [2.05, 4.69) is 41.0 Å². The number of benzene rings is 2. The van der Waals surface area contributed by atoms with Gasteiger partial charge in [-0.25, -0.2) is 0 Å². The predicted molar refractivity (Wildman–Crippen MR) is 173 cm³/mol. The van der Waals surface area contributed by atoms with Crippen molar-refractivity contribution in [2.45, 2.75) is 25.7 Å². The highest BCUT2D eigenvalue weighted by Gasteiger charge is 2.12. The van der Waals surface area contributed by atoms with Gasteiger partial charge in [0, 0.05) is 36.0 Å². The zero-order chi connectivity index (χ0) is 29.4. The molecule has 4 aromatic heterocycles. The number of aryl methyl sites for hydroxylation is 2. The Bertz CT molecular complexity index is 1750. The normalized spacial score (nSPS) is 11.2. The van der Waals surface area contributed by atoms with E-state index in [0.717, 1.165) is 67.3 Å². The number of fused-ring (bicyclic) bond motifs is 2. The molecule has 0 aliphatic heterocycles. The lowest BCUT2D eigenvalue weighted by molar-refractivity contribution is -0.116. The second-order valence-electron chi connectivity index (χ2n) is 9.63. The average Bonchev–Trinajstić information content (AvgIpc) is 3.65. The fourth-order valence-electron chi connectivity index (χ4n) is 4.40. The van der Waals surface area contributed by atoms with Crippen molar-refractivity contribution < 1.29 is 9.59 Å². The smallest absolute Gasteiger partial charge is 0.230 e. The van der Waals surface area contributed by atoms with Gasteiger partial charge in [0.25, 0.3) is 0 Å². The molecule has 0 atom stereocenters. The molecule has 2 aromatic carbocycles. The summed E-state index contributed by atoms with van der Waals surface area (Å²) in [5.41, 5.74) is 3.65. The molecule has 0 aliphatic carbocycles. The number of aromatic nitrogens is 6. The Morgan fingerprint density at radius 1 is 0.651 bits per heavy atom. The molecule has 0 aliphatic rings. The van der Waals surface area contributed by atoms with Crippen LogP contribution in [0.3, 0.4) is 0 Å². The van der Waals surface area contributed by atoms with Crippen molar-refractivity contribution in [2.24, 2.45) is 0 Å². The van der Waals surface area contributed by atoms with E-state index in [1.807, 2.05) is 60.7 Å². The molecule has 4 heterocycles. The fourth-order valence-corrected chi connectivity index (χ4v) is 7.05. The molecule has 2 N–H and O–H groups in total. The SMILES string of the molecule is O=C(Cc1ccc2ncccc2c1)Nc1nnc(CCSCCc2nnc(NC(=O)Cc3ccc4ncccc4c3)s2)s1. The zero-order valence-electron chi connectivity index (χ0n) is 22.9. The van der Waals surface area contributed by atoms with Gasteiger partial charge in [0.15, 0.2) is 0 Å². The average molecular weight is 627 g/mol. The van der Waals surface area contributed by atoms with Crippen LogP contribution in [-0.2, 0) is 35.3 Å². The maximum atomic E-state index is 12.5. The number of hydrogen-bond acceptors (Lipinski definition) is 11. The summed E-state index contributed by atoms with van der Waals surface area (Å²) in [4.78, 5) is 33.7. The second-order valence-corrected chi connectivity index (χ2v) is 13.0. The molecule has 10 nitrogen and oxygen atoms in total. The number of thioether (sulfide) groups is 1. The van der Waals surface area contributed by atoms with Crippen molar-refractivity contribution >= 4 is 78.3 Å². The van der Waals surface area contributed by atoms with Crippen LogP contribution in [0.4, 0.5) is 10.3 Å². The van der Waals surface area contributed by atoms with Crippen LogP contribution in [0, 0.1) is 0 Å². The van der Waals surface area contributed by atoms with Crippen molar-refractivity contribution in [1.29, 1.82) is 0 Å². The number of anilines is 2. The van der Waals surface area contributed by atoms with Crippen LogP contribution in [0.1, 0.15) is 21.1 Å². The number of hydrogen-bond donors (Lipinski definition) is 2. The lowest BCUT2D eigenvalue weighted by atomic mass is 10.1. The highest BCUT2D eigenvalue weighted by molar-refractivity contribution is 7.99. The molecule has 0 fully saturated rings. The van der Waals surface area contributed by atoms with Crippen LogP contribution in [0.15, 0.2) is 73.1 Å². The highest BCUT2D eigenvalue weighted by atomic mass is 32.2. The minimum Gasteiger partial charge on any atom is -0.300 e. The highest BCUT2D eigenvalue weighted by Crippen LogP contribution is 2.21. The molecule has 13 heteroatoms. The van der Waals surface area contributed by atoms with Crippen LogP contribution in [-0.4, -0.2) is 53.7 Å². The van der Waals surface area contributed by atoms with Gasteiger partial charge in [-0.2, -0.15) is 11.8 Å². The van der Waals surface area contributed by atoms with E-state index in [1.54, 1.807) is 24.2 Å². The molecule has 6 rings (SSSR count). The zero-order valence-corrected chi connectivity index (χ0v) is 25.3. The molecule has 0 saturated carbocycles. The summed E-state index contributed by atoms with van der Waals surface area (Å²) in [6, 6.07) is 19.4. The van der Waals surface area contributed by atoms with Gasteiger partial charge < -0.3 is 10.6 Å². The van der Waals surface area contributed by atoms with Crippen LogP contribution < -0.4 is 10.6 Å². The standard InChI is InChI=1S/C30H26N8O2S3/c39-25(17-19-5-7-23-21(15-19)3-1-11-31-23)33-29-37-35-27(42-29)9-13-41-14-10-28-36-38-30(43-28)34-26(40)18-20-6-8-24-22(16-20)4-2-12-32-24/h1-8,11-12,15-16H,9-10,13-14,17-18H2,(H,33,37,39)(H,34,38,40). The lowest BCUT2D eigenvalue weighted by Crippen LogP contribution is -2.14. The van der Waals surface area contributed by atoms with Gasteiger partial charge in [-0.05, 0) is 59.0 Å². The van der Waals surface area contributed by atoms with Gasteiger partial charge in [0.05, 0.1) is 23.9 Å². The first-order valence-corrected chi connectivity index (χ1v) is 16.4. The van der Waals surface area contributed by atoms with E-state index < -0.39 is 0 Å². The Morgan fingerprint density at radius 3 is 1.63 bits per heavy atom. The predicted octanol–water partition coefficient (Wildman–Crippen LogP) is 5.37. The summed E-state index contributed by atoms with van der Waals surface area (Å²) in [6.45, 7) is 0. The molecule has 0 unspecified atom stereocenters. The van der Waals surface area contributed by atoms with E-state index in [0.29, 0.717) is 10.3 Å². The summed E-state index contributed by atoms with van der Waals surface area (Å²) in [6.07, 6.45) is 5.55. The summed E-state index contributed by atoms with van der Waals surface area (Å²) in [5, 5.41) is 27.2. The third-order valence-electron chi connectivity index (χ3n) is 6.41. The molecular formula is C30H26N8O2S3. The Balaban J connectivity index is 0.888. The van der Waals surface area contributed by atoms with Crippen molar-refractivity contribution in [1.82, 2.24) is 30.4 Å². The number of pyridine rings is 2. The lowest BCUT2D eigenvalue weighted by Gasteiger charge is -2.03. The summed E-state index contributed by atoms with van der Waals surface area (Å²) >= 11 is 4.58. The first kappa shape index (κ1) is 28.8. The van der Waals surface area contributed by atoms with E-state index >= 15 is 0 Å². The second kappa shape index (κ2) is 13.8. The molecular weight excluding hydrogens is 601 g/mol. The maximum absolute atomic E-state index is 12.5. The Hall–Kier alpha value is -4.33. The molecule has 0 spiro atoms. The van der Waals surface area contributed by atoms with Crippen molar-refractivity contribution in [3.63, 3.8) is 0 Å². The molecule has 0 saturated heterocycles. The molecule has 43 heavy (non-hydrogen) atoms. The molecule has 0 bridgehead atoms. The summed E-state index contributed by atoms with van der Waals surface area (Å²) < 4.78 is 0. The van der Waals surface area contributed by atoms with Gasteiger partial charge >= 0.3 is 0 Å². The summed E-state index contributed by atoms with van der Waals surface area (Å²) in [5.74, 6) is 1.49. The molecule has 6 aromatic rings. The van der Waals surface area contributed by atoms with Gasteiger partial charge in [0.2, 0.25) is 22.1 Å². The van der Waals surface area contributed by atoms with E-state index in [4.69, 9.17) is 0 Å². The van der Waals surface area contributed by atoms with Gasteiger partial charge in [-0.1, -0.05) is 46.9 Å². The molecule has 216 valence electrons. The van der Waals surface area contributed by atoms with Crippen LogP contribution in [0.25, 0.3) is 21.8 Å². The van der Waals surface area contributed by atoms with Crippen LogP contribution >= 0.6 is 34.4 Å². The Labute approximate surface area is 259 Å². The van der Waals surface area contributed by atoms with Crippen LogP contribution in [0.5, 0.6) is 0 Å². The number of amides is 2. The Kier molecular flexibility index (Phi) is 9.21. The fraction of sp³-hybridized carbons (Fsp3) is 0.200. The van der Waals surface area contributed by atoms with Crippen molar-refractivity contribution in [2.75, 3.05) is 22.1 Å². The molecule has 2 amide bonds. The number of rotatable bonds is 12. The minimum absolute atomic E-state index is 0.126. The third kappa shape index (κ3) is 7.95. The van der Waals surface area contributed by atoms with E-state index in [1.165, 1.54) is 22.7 Å². The van der Waals surface area contributed by atoms with Crippen molar-refractivity contribution in [3.05, 3.63) is 94.2 Å². The number of carbonyl (C=O) groups is 2. The quantitative estimate of drug-likeness (QED) is 0.172. The van der Waals surface area contributed by atoms with E-state index in [-0.39, 0.29) is 24.7 Å². The topological polar surface area (TPSA) is 136 Å². The molecule has 0 radical (unpaired) electrons. The number of carbonyl (C=O) groups excluding carboxylic acids is 2. The van der Waals surface area contributed by atoms with Gasteiger partial charge in [-0.15, -0.1) is 20.4 Å². The van der Waals surface area contributed by atoms with Gasteiger partial charge in [0.1, 0.15) is 10.0 Å². The largest absolute Gasteiger partial charge is 0.300 e. The monoisotopic (exact) mass is 626 g/mol. The minimum atomic E-state index is -0.126. The van der Waals surface area contributed by atoms with E-state index in [9.17, 15) is 9.59 Å². The summed E-state index contributed by atoms with van der Waals surface area (Å²) in [7, 11) is 0. The number of nitrogens with zero attached hydrogens (tertiary/aromatic N) is 6. The van der Waals surface area contributed by atoms with Crippen LogP contribution in [0.2, 0.25) is 0 Å². The maximum Gasteiger partial charge on any atom is 0.230 e. The number of nitrogens with one attached hydrogen (secondary N) is 2. The Morgan fingerprint density at radius 2 is 1.14 bits per heavy atom. The third-order valence-corrected chi connectivity index (χ3v) is 9.19. The first-order chi connectivity index (χ1) is 21.1. The van der Waals surface area contributed by atoms with Gasteiger partial charge in [-0.3, -0.25) is 19.6 Å².